The Kier molecular flexibility index (Phi) is 4.72. The van der Waals surface area contributed by atoms with Crippen molar-refractivity contribution >= 4 is 10.2 Å². The number of morpholine rings is 1. The van der Waals surface area contributed by atoms with Gasteiger partial charge in [0.15, 0.2) is 0 Å². The van der Waals surface area contributed by atoms with Gasteiger partial charge in [-0.15, -0.1) is 0 Å². The summed E-state index contributed by atoms with van der Waals surface area (Å²) in [4.78, 5) is 0. The monoisotopic (exact) mass is 367 g/mol. The van der Waals surface area contributed by atoms with Gasteiger partial charge in [-0.1, -0.05) is 12.1 Å². The van der Waals surface area contributed by atoms with Crippen molar-refractivity contribution < 1.29 is 17.9 Å². The van der Waals surface area contributed by atoms with E-state index in [1.54, 1.807) is 15.7 Å². The van der Waals surface area contributed by atoms with Gasteiger partial charge in [0.1, 0.15) is 5.75 Å². The Morgan fingerprint density at radius 3 is 2.56 bits per heavy atom. The Morgan fingerprint density at radius 2 is 1.88 bits per heavy atom. The van der Waals surface area contributed by atoms with Crippen molar-refractivity contribution in [3.8, 4) is 5.75 Å². The maximum Gasteiger partial charge on any atom is 0.282 e. The van der Waals surface area contributed by atoms with Crippen LogP contribution in [0.3, 0.4) is 0 Å². The first-order valence-corrected chi connectivity index (χ1v) is 10.2. The summed E-state index contributed by atoms with van der Waals surface area (Å²) < 4.78 is 40.4. The van der Waals surface area contributed by atoms with Crippen LogP contribution in [0.15, 0.2) is 24.3 Å². The summed E-state index contributed by atoms with van der Waals surface area (Å²) in [7, 11) is -1.85. The maximum absolute atomic E-state index is 13.3. The molecule has 7 nitrogen and oxygen atoms in total. The number of benzene rings is 1. The van der Waals surface area contributed by atoms with Gasteiger partial charge < -0.3 is 14.8 Å². The average Bonchev–Trinajstić information content (AvgIpc) is 3.24. The highest BCUT2D eigenvalue weighted by Crippen LogP contribution is 2.45. The molecule has 0 radical (unpaired) electrons. The van der Waals surface area contributed by atoms with Gasteiger partial charge in [-0.25, -0.2) is 0 Å². The zero-order chi connectivity index (χ0) is 17.4. The van der Waals surface area contributed by atoms with E-state index in [1.165, 1.54) is 0 Å². The number of nitrogens with zero attached hydrogens (tertiary/aromatic N) is 2. The third-order valence-corrected chi connectivity index (χ3v) is 7.56. The normalized spacial score (nSPS) is 31.2. The third-order valence-electron chi connectivity index (χ3n) is 5.57. The number of hydrogen-bond donors (Lipinski definition) is 1. The first-order chi connectivity index (χ1) is 12.1. The fraction of sp³-hybridized carbons (Fsp3) is 0.647. The fourth-order valence-electron chi connectivity index (χ4n) is 4.26. The standard InChI is InChI=1S/C17H25N3O4S/c1-23-15-4-2-13(3-5-15)17-16-11-18-10-14(16)12-20(17)25(21,22)19-6-8-24-9-7-19/h2-5,14,16-18H,6-12H2,1H3/t14-,16-,17+/m0/s1. The summed E-state index contributed by atoms with van der Waals surface area (Å²) in [5.74, 6) is 1.46. The molecule has 3 aliphatic heterocycles. The van der Waals surface area contributed by atoms with Gasteiger partial charge in [-0.05, 0) is 36.1 Å². The second-order valence-electron chi connectivity index (χ2n) is 6.89. The molecule has 138 valence electrons. The quantitative estimate of drug-likeness (QED) is 0.837. The lowest BCUT2D eigenvalue weighted by Gasteiger charge is -2.34. The van der Waals surface area contributed by atoms with Crippen LogP contribution in [0.25, 0.3) is 0 Å². The second-order valence-corrected chi connectivity index (χ2v) is 8.77. The summed E-state index contributed by atoms with van der Waals surface area (Å²) in [6.07, 6.45) is 0. The predicted octanol–water partition coefficient (Wildman–Crippen LogP) is 0.465. The topological polar surface area (TPSA) is 71.1 Å². The van der Waals surface area contributed by atoms with Crippen molar-refractivity contribution in [2.24, 2.45) is 11.8 Å². The molecule has 0 spiro atoms. The maximum atomic E-state index is 13.3. The molecule has 4 rings (SSSR count). The molecule has 25 heavy (non-hydrogen) atoms. The summed E-state index contributed by atoms with van der Waals surface area (Å²) in [6, 6.07) is 7.67. The van der Waals surface area contributed by atoms with E-state index in [2.05, 4.69) is 5.32 Å². The van der Waals surface area contributed by atoms with Gasteiger partial charge in [0.25, 0.3) is 10.2 Å². The molecule has 8 heteroatoms. The molecule has 3 saturated heterocycles. The Morgan fingerprint density at radius 1 is 1.16 bits per heavy atom. The van der Waals surface area contributed by atoms with Crippen LogP contribution in [0.1, 0.15) is 11.6 Å². The second kappa shape index (κ2) is 6.85. The summed E-state index contributed by atoms with van der Waals surface area (Å²) in [6.45, 7) is 4.11. The Balaban J connectivity index is 1.67. The van der Waals surface area contributed by atoms with Gasteiger partial charge in [-0.2, -0.15) is 17.0 Å². The van der Waals surface area contributed by atoms with Gasteiger partial charge in [-0.3, -0.25) is 0 Å². The van der Waals surface area contributed by atoms with Crippen LogP contribution in [-0.4, -0.2) is 70.1 Å². The van der Waals surface area contributed by atoms with Crippen molar-refractivity contribution in [1.29, 1.82) is 0 Å². The van der Waals surface area contributed by atoms with Crippen molar-refractivity contribution in [3.05, 3.63) is 29.8 Å². The first kappa shape index (κ1) is 17.2. The molecule has 0 amide bonds. The number of hydrogen-bond acceptors (Lipinski definition) is 5. The van der Waals surface area contributed by atoms with Gasteiger partial charge in [0.2, 0.25) is 0 Å². The number of fused-ring (bicyclic) bond motifs is 1. The smallest absolute Gasteiger partial charge is 0.282 e. The van der Waals surface area contributed by atoms with Crippen LogP contribution in [0.5, 0.6) is 5.75 Å². The lowest BCUT2D eigenvalue weighted by atomic mass is 9.90. The molecule has 1 N–H and O–H groups in total. The molecule has 0 aromatic heterocycles. The first-order valence-electron chi connectivity index (χ1n) is 8.80. The Bertz CT molecular complexity index is 703. The summed E-state index contributed by atoms with van der Waals surface area (Å²) >= 11 is 0. The van der Waals surface area contributed by atoms with E-state index >= 15 is 0 Å². The molecule has 1 aromatic rings. The molecule has 0 aliphatic carbocycles. The van der Waals surface area contributed by atoms with Crippen LogP contribution < -0.4 is 10.1 Å². The van der Waals surface area contributed by atoms with E-state index < -0.39 is 10.2 Å². The molecule has 0 saturated carbocycles. The lowest BCUT2D eigenvalue weighted by molar-refractivity contribution is 0.0696. The Labute approximate surface area is 149 Å². The van der Waals surface area contributed by atoms with E-state index in [4.69, 9.17) is 9.47 Å². The molecular formula is C17H25N3O4S. The molecule has 3 fully saturated rings. The molecule has 3 atom stereocenters. The lowest BCUT2D eigenvalue weighted by Crippen LogP contribution is -2.49. The number of methoxy groups -OCH3 is 1. The predicted molar refractivity (Wildman–Crippen MR) is 93.6 cm³/mol. The van der Waals surface area contributed by atoms with Gasteiger partial charge in [0.05, 0.1) is 26.4 Å². The number of ether oxygens (including phenoxy) is 2. The van der Waals surface area contributed by atoms with Crippen LogP contribution >= 0.6 is 0 Å². The van der Waals surface area contributed by atoms with Crippen molar-refractivity contribution in [1.82, 2.24) is 13.9 Å². The average molecular weight is 367 g/mol. The highest BCUT2D eigenvalue weighted by atomic mass is 32.2. The molecule has 1 aromatic carbocycles. The fourth-order valence-corrected chi connectivity index (χ4v) is 6.11. The molecule has 0 unspecified atom stereocenters. The van der Waals surface area contributed by atoms with Crippen LogP contribution in [-0.2, 0) is 14.9 Å². The van der Waals surface area contributed by atoms with Crippen LogP contribution in [0.2, 0.25) is 0 Å². The van der Waals surface area contributed by atoms with Crippen LogP contribution in [0, 0.1) is 11.8 Å². The van der Waals surface area contributed by atoms with Crippen molar-refractivity contribution in [2.75, 3.05) is 53.0 Å². The minimum absolute atomic E-state index is 0.126. The highest BCUT2D eigenvalue weighted by Gasteiger charge is 2.50. The molecular weight excluding hydrogens is 342 g/mol. The largest absolute Gasteiger partial charge is 0.497 e. The zero-order valence-electron chi connectivity index (χ0n) is 14.4. The molecule has 3 aliphatic rings. The minimum Gasteiger partial charge on any atom is -0.497 e. The Hall–Kier alpha value is -1.19. The van der Waals surface area contributed by atoms with Gasteiger partial charge >= 0.3 is 0 Å². The van der Waals surface area contributed by atoms with E-state index in [9.17, 15) is 8.42 Å². The third kappa shape index (κ3) is 3.06. The van der Waals surface area contributed by atoms with E-state index in [0.29, 0.717) is 44.7 Å². The number of rotatable bonds is 4. The molecule has 0 bridgehead atoms. The SMILES string of the molecule is COc1ccc([C@@H]2[C@H]3CNC[C@H]3CN2S(=O)(=O)N2CCOCC2)cc1. The zero-order valence-corrected chi connectivity index (χ0v) is 15.2. The van der Waals surface area contributed by atoms with E-state index in [0.717, 1.165) is 24.4 Å². The summed E-state index contributed by atoms with van der Waals surface area (Å²) in [5, 5.41) is 3.42. The molecule has 3 heterocycles. The van der Waals surface area contributed by atoms with Crippen molar-refractivity contribution in [3.63, 3.8) is 0 Å². The van der Waals surface area contributed by atoms with Gasteiger partial charge in [0, 0.05) is 26.2 Å². The number of nitrogens with one attached hydrogen (secondary N) is 1. The summed E-state index contributed by atoms with van der Waals surface area (Å²) in [5.41, 5.74) is 1.04. The highest BCUT2D eigenvalue weighted by molar-refractivity contribution is 7.86. The minimum atomic E-state index is -3.49. The van der Waals surface area contributed by atoms with E-state index in [1.807, 2.05) is 24.3 Å². The van der Waals surface area contributed by atoms with E-state index in [-0.39, 0.29) is 6.04 Å². The van der Waals surface area contributed by atoms with Crippen molar-refractivity contribution in [2.45, 2.75) is 6.04 Å². The van der Waals surface area contributed by atoms with Crippen LogP contribution in [0.4, 0.5) is 0 Å².